The summed E-state index contributed by atoms with van der Waals surface area (Å²) in [7, 11) is 0. The number of pyridine rings is 1. The molecule has 0 aliphatic heterocycles. The molecular formula is C14H7F4IN2. The van der Waals surface area contributed by atoms with Crippen molar-refractivity contribution in [1.82, 2.24) is 9.38 Å². The lowest BCUT2D eigenvalue weighted by Crippen LogP contribution is -2.08. The maximum atomic E-state index is 13.3. The Balaban J connectivity index is 2.14. The summed E-state index contributed by atoms with van der Waals surface area (Å²) in [5.74, 6) is -1.29. The van der Waals surface area contributed by atoms with Crippen LogP contribution >= 0.6 is 22.6 Å². The summed E-state index contributed by atoms with van der Waals surface area (Å²) in [5, 5.41) is 0. The van der Waals surface area contributed by atoms with Gasteiger partial charge in [-0.3, -0.25) is 0 Å². The Morgan fingerprint density at radius 1 is 1.05 bits per heavy atom. The van der Waals surface area contributed by atoms with Crippen LogP contribution in [-0.2, 0) is 6.18 Å². The van der Waals surface area contributed by atoms with E-state index >= 15 is 0 Å². The van der Waals surface area contributed by atoms with E-state index in [0.717, 1.165) is 15.7 Å². The van der Waals surface area contributed by atoms with E-state index in [4.69, 9.17) is 0 Å². The van der Waals surface area contributed by atoms with Crippen molar-refractivity contribution in [3.63, 3.8) is 0 Å². The zero-order valence-electron chi connectivity index (χ0n) is 10.3. The minimum absolute atomic E-state index is 0.224. The van der Waals surface area contributed by atoms with Gasteiger partial charge >= 0.3 is 6.18 Å². The fraction of sp³-hybridized carbons (Fsp3) is 0.0714. The van der Waals surface area contributed by atoms with Crippen molar-refractivity contribution in [1.29, 1.82) is 0 Å². The molecule has 3 aromatic rings. The van der Waals surface area contributed by atoms with E-state index in [-0.39, 0.29) is 5.56 Å². The number of fused-ring (bicyclic) bond motifs is 1. The average molecular weight is 406 g/mol. The first kappa shape index (κ1) is 14.3. The normalized spacial score (nSPS) is 12.0. The monoisotopic (exact) mass is 406 g/mol. The second-order valence-electron chi connectivity index (χ2n) is 4.43. The van der Waals surface area contributed by atoms with Gasteiger partial charge < -0.3 is 4.40 Å². The van der Waals surface area contributed by atoms with Crippen molar-refractivity contribution < 1.29 is 17.6 Å². The van der Waals surface area contributed by atoms with E-state index in [1.165, 1.54) is 6.07 Å². The fourth-order valence-corrected chi connectivity index (χ4v) is 2.49. The van der Waals surface area contributed by atoms with Crippen molar-refractivity contribution in [2.24, 2.45) is 0 Å². The van der Waals surface area contributed by atoms with Crippen LogP contribution in [0.25, 0.3) is 16.9 Å². The molecular weight excluding hydrogens is 399 g/mol. The number of rotatable bonds is 1. The molecule has 0 spiro atoms. The van der Waals surface area contributed by atoms with Gasteiger partial charge in [-0.25, -0.2) is 9.37 Å². The first-order valence-electron chi connectivity index (χ1n) is 5.86. The minimum Gasteiger partial charge on any atom is -0.305 e. The largest absolute Gasteiger partial charge is 0.419 e. The Labute approximate surface area is 130 Å². The average Bonchev–Trinajstić information content (AvgIpc) is 2.80. The molecule has 0 amide bonds. The molecule has 1 aromatic carbocycles. The van der Waals surface area contributed by atoms with Crippen molar-refractivity contribution in [3.05, 3.63) is 57.7 Å². The van der Waals surface area contributed by atoms with Gasteiger partial charge in [0.05, 0.1) is 11.3 Å². The number of alkyl halides is 3. The minimum atomic E-state index is -4.73. The van der Waals surface area contributed by atoms with E-state index in [0.29, 0.717) is 11.3 Å². The first-order valence-corrected chi connectivity index (χ1v) is 6.94. The van der Waals surface area contributed by atoms with Crippen LogP contribution < -0.4 is 0 Å². The summed E-state index contributed by atoms with van der Waals surface area (Å²) in [6.07, 6.45) is -1.31. The van der Waals surface area contributed by atoms with Crippen LogP contribution in [0, 0.1) is 9.39 Å². The van der Waals surface area contributed by atoms with Crippen LogP contribution in [0.2, 0.25) is 0 Å². The van der Waals surface area contributed by atoms with Gasteiger partial charge in [0.2, 0.25) is 0 Å². The molecule has 0 saturated carbocycles. The third kappa shape index (κ3) is 2.74. The first-order chi connectivity index (χ1) is 9.84. The van der Waals surface area contributed by atoms with Crippen LogP contribution in [0.3, 0.4) is 0 Å². The number of hydrogen-bond acceptors (Lipinski definition) is 1. The number of imidazole rings is 1. The predicted molar refractivity (Wildman–Crippen MR) is 78.3 cm³/mol. The number of halogens is 5. The third-order valence-corrected chi connectivity index (χ3v) is 3.62. The van der Waals surface area contributed by atoms with Crippen LogP contribution in [0.4, 0.5) is 17.6 Å². The van der Waals surface area contributed by atoms with Crippen molar-refractivity contribution in [3.8, 4) is 11.3 Å². The lowest BCUT2D eigenvalue weighted by molar-refractivity contribution is -0.139. The molecule has 2 nitrogen and oxygen atoms in total. The maximum Gasteiger partial charge on any atom is 0.419 e. The van der Waals surface area contributed by atoms with Gasteiger partial charge in [-0.05, 0) is 52.9 Å². The Hall–Kier alpha value is -1.64. The molecule has 0 atom stereocenters. The molecule has 3 rings (SSSR count). The van der Waals surface area contributed by atoms with Gasteiger partial charge in [0.25, 0.3) is 0 Å². The smallest absolute Gasteiger partial charge is 0.305 e. The molecule has 2 heterocycles. The molecule has 0 bridgehead atoms. The Bertz CT molecular complexity index is 823. The highest BCUT2D eigenvalue weighted by Gasteiger charge is 2.34. The molecule has 108 valence electrons. The molecule has 0 N–H and O–H groups in total. The second-order valence-corrected chi connectivity index (χ2v) is 5.68. The van der Waals surface area contributed by atoms with E-state index in [9.17, 15) is 17.6 Å². The van der Waals surface area contributed by atoms with Crippen LogP contribution in [0.5, 0.6) is 0 Å². The highest BCUT2D eigenvalue weighted by Crippen LogP contribution is 2.34. The van der Waals surface area contributed by atoms with Crippen LogP contribution in [-0.4, -0.2) is 9.38 Å². The Morgan fingerprint density at radius 3 is 2.52 bits per heavy atom. The fourth-order valence-electron chi connectivity index (χ4n) is 2.01. The van der Waals surface area contributed by atoms with Crippen LogP contribution in [0.1, 0.15) is 5.56 Å². The lowest BCUT2D eigenvalue weighted by atomic mass is 10.1. The van der Waals surface area contributed by atoms with Gasteiger partial charge in [0, 0.05) is 21.5 Å². The predicted octanol–water partition coefficient (Wildman–Crippen LogP) is 4.76. The molecule has 0 fully saturated rings. The summed E-state index contributed by atoms with van der Waals surface area (Å²) in [4.78, 5) is 4.25. The Kier molecular flexibility index (Phi) is 3.39. The Morgan fingerprint density at radius 2 is 1.81 bits per heavy atom. The molecule has 2 aromatic heterocycles. The summed E-state index contributed by atoms with van der Waals surface area (Å²) < 4.78 is 54.2. The number of aromatic nitrogens is 2. The number of hydrogen-bond donors (Lipinski definition) is 0. The summed E-state index contributed by atoms with van der Waals surface area (Å²) in [5.41, 5.74) is -0.0835. The van der Waals surface area contributed by atoms with Gasteiger partial charge in [-0.2, -0.15) is 13.2 Å². The number of benzene rings is 1. The quantitative estimate of drug-likeness (QED) is 0.421. The van der Waals surface area contributed by atoms with Gasteiger partial charge in [0.1, 0.15) is 11.5 Å². The topological polar surface area (TPSA) is 17.3 Å². The standard InChI is InChI=1S/C14H7F4IN2/c15-11-3-1-8(5-10(11)14(16,17)18)12-7-21-6-9(19)2-4-13(21)20-12/h1-7H. The van der Waals surface area contributed by atoms with E-state index in [1.54, 1.807) is 22.9 Å². The maximum absolute atomic E-state index is 13.3. The summed E-state index contributed by atoms with van der Waals surface area (Å²) >= 11 is 2.13. The summed E-state index contributed by atoms with van der Waals surface area (Å²) in [6, 6.07) is 6.49. The third-order valence-electron chi connectivity index (χ3n) is 2.98. The van der Waals surface area contributed by atoms with E-state index in [1.807, 2.05) is 6.07 Å². The molecule has 21 heavy (non-hydrogen) atoms. The van der Waals surface area contributed by atoms with Crippen molar-refractivity contribution >= 4 is 28.2 Å². The molecule has 7 heteroatoms. The van der Waals surface area contributed by atoms with E-state index < -0.39 is 17.6 Å². The van der Waals surface area contributed by atoms with Crippen LogP contribution in [0.15, 0.2) is 42.7 Å². The zero-order chi connectivity index (χ0) is 15.2. The molecule has 0 aliphatic rings. The molecule has 0 aliphatic carbocycles. The van der Waals surface area contributed by atoms with Gasteiger partial charge in [0.15, 0.2) is 0 Å². The van der Waals surface area contributed by atoms with Crippen molar-refractivity contribution in [2.75, 3.05) is 0 Å². The highest BCUT2D eigenvalue weighted by molar-refractivity contribution is 14.1. The number of nitrogens with zero attached hydrogens (tertiary/aromatic N) is 2. The zero-order valence-corrected chi connectivity index (χ0v) is 12.5. The molecule has 0 radical (unpaired) electrons. The lowest BCUT2D eigenvalue weighted by Gasteiger charge is -2.08. The summed E-state index contributed by atoms with van der Waals surface area (Å²) in [6.45, 7) is 0. The highest BCUT2D eigenvalue weighted by atomic mass is 127. The second kappa shape index (κ2) is 4.97. The van der Waals surface area contributed by atoms with Gasteiger partial charge in [-0.15, -0.1) is 0 Å². The molecule has 0 saturated heterocycles. The van der Waals surface area contributed by atoms with Crippen molar-refractivity contribution in [2.45, 2.75) is 6.18 Å². The SMILES string of the molecule is Fc1ccc(-c2cn3cc(I)ccc3n2)cc1C(F)(F)F. The van der Waals surface area contributed by atoms with Gasteiger partial charge in [-0.1, -0.05) is 0 Å². The van der Waals surface area contributed by atoms with E-state index in [2.05, 4.69) is 27.6 Å². The molecule has 0 unspecified atom stereocenters.